The Labute approximate surface area is 692 Å². The highest BCUT2D eigenvalue weighted by Gasteiger charge is 2.53. The molecule has 0 bridgehead atoms. The van der Waals surface area contributed by atoms with Crippen LogP contribution in [0.25, 0.3) is 209 Å². The molecule has 119 heavy (non-hydrogen) atoms. The Morgan fingerprint density at radius 3 is 1.09 bits per heavy atom. The smallest absolute Gasteiger partial charge is 0.0688 e. The highest BCUT2D eigenvalue weighted by molar-refractivity contribution is 6.47. The van der Waals surface area contributed by atoms with Crippen LogP contribution in [-0.2, 0) is 10.8 Å². The molecule has 0 amide bonds. The monoisotopic (exact) mass is 1510 g/mol. The lowest BCUT2D eigenvalue weighted by molar-refractivity contribution is 0.630. The Hall–Kier alpha value is -14.8. The summed E-state index contributed by atoms with van der Waals surface area (Å²) in [4.78, 5) is 0. The van der Waals surface area contributed by atoms with Crippen molar-refractivity contribution in [2.24, 2.45) is 0 Å². The maximum atomic E-state index is 2.59. The summed E-state index contributed by atoms with van der Waals surface area (Å²) < 4.78 is 2.54. The second kappa shape index (κ2) is 25.9. The van der Waals surface area contributed by atoms with Crippen LogP contribution in [0.5, 0.6) is 0 Å². The van der Waals surface area contributed by atoms with E-state index >= 15 is 0 Å². The first-order valence-corrected chi connectivity index (χ1v) is 42.1. The van der Waals surface area contributed by atoms with Gasteiger partial charge in [-0.2, -0.15) is 0 Å². The summed E-state index contributed by atoms with van der Waals surface area (Å²) in [7, 11) is 0. The molecule has 1 aromatic heterocycles. The van der Waals surface area contributed by atoms with Gasteiger partial charge in [0.2, 0.25) is 0 Å². The van der Waals surface area contributed by atoms with Crippen LogP contribution in [0.15, 0.2) is 412 Å². The molecular weight excluding hydrogens is 1430 g/mol. The topological polar surface area (TPSA) is 4.93 Å². The van der Waals surface area contributed by atoms with Crippen LogP contribution in [0.2, 0.25) is 0 Å². The zero-order chi connectivity index (χ0) is 78.3. The molecule has 1 heteroatoms. The van der Waals surface area contributed by atoms with E-state index in [9.17, 15) is 0 Å². The van der Waals surface area contributed by atoms with Crippen molar-refractivity contribution >= 4 is 81.2 Å². The van der Waals surface area contributed by atoms with Gasteiger partial charge in [0, 0.05) is 16.2 Å². The number of hydrogen-bond acceptors (Lipinski definition) is 0. The molecule has 25 rings (SSSR count). The van der Waals surface area contributed by atoms with Gasteiger partial charge in [-0.15, -0.1) is 0 Å². The summed E-state index contributed by atoms with van der Waals surface area (Å²) in [6, 6.07) is 151. The average Bonchev–Trinajstić information content (AvgIpc) is 1.63. The molecule has 0 radical (unpaired) electrons. The van der Waals surface area contributed by atoms with E-state index in [0.29, 0.717) is 0 Å². The van der Waals surface area contributed by atoms with E-state index in [1.165, 1.54) is 220 Å². The fourth-order valence-electron chi connectivity index (χ4n) is 22.6. The molecule has 0 saturated heterocycles. The van der Waals surface area contributed by atoms with Gasteiger partial charge in [-0.05, 0) is 270 Å². The summed E-state index contributed by atoms with van der Waals surface area (Å²) in [6.45, 7) is 4.78. The number of rotatable bonds is 10. The van der Waals surface area contributed by atoms with Gasteiger partial charge >= 0.3 is 0 Å². The molecule has 1 atom stereocenters. The van der Waals surface area contributed by atoms with Crippen molar-refractivity contribution in [3.63, 3.8) is 0 Å². The quantitative estimate of drug-likeness (QED) is 0.0950. The normalized spacial score (nSPS) is 14.8. The molecule has 21 aromatic rings. The third-order valence-corrected chi connectivity index (χ3v) is 27.4. The Balaban J connectivity index is 0.844. The van der Waals surface area contributed by atoms with Crippen LogP contribution in [0.1, 0.15) is 60.1 Å². The Morgan fingerprint density at radius 2 is 0.588 bits per heavy atom. The van der Waals surface area contributed by atoms with Crippen LogP contribution in [0.4, 0.5) is 0 Å². The van der Waals surface area contributed by atoms with Gasteiger partial charge in [0.1, 0.15) is 0 Å². The van der Waals surface area contributed by atoms with E-state index in [-0.39, 0.29) is 5.41 Å². The predicted octanol–water partition coefficient (Wildman–Crippen LogP) is 31.7. The van der Waals surface area contributed by atoms with Gasteiger partial charge in [0.15, 0.2) is 0 Å². The van der Waals surface area contributed by atoms with Crippen molar-refractivity contribution in [1.82, 2.24) is 4.57 Å². The maximum Gasteiger partial charge on any atom is 0.0688 e. The van der Waals surface area contributed by atoms with Crippen LogP contribution in [0.3, 0.4) is 0 Å². The average molecular weight is 1510 g/mol. The van der Waals surface area contributed by atoms with Crippen LogP contribution in [0, 0.1) is 0 Å². The molecule has 0 N–H and O–H groups in total. The zero-order valence-electron chi connectivity index (χ0n) is 66.0. The lowest BCUT2D eigenvalue weighted by Crippen LogP contribution is -2.27. The van der Waals surface area contributed by atoms with Crippen LogP contribution in [-0.4, -0.2) is 4.57 Å². The van der Waals surface area contributed by atoms with E-state index in [4.69, 9.17) is 0 Å². The first-order valence-electron chi connectivity index (χ1n) is 42.1. The molecule has 1 spiro atoms. The molecule has 2 heterocycles. The first kappa shape index (κ1) is 67.6. The molecule has 4 aliphatic rings. The van der Waals surface area contributed by atoms with Gasteiger partial charge in [-0.3, -0.25) is 0 Å². The Kier molecular flexibility index (Phi) is 14.7. The highest BCUT2D eigenvalue weighted by Crippen LogP contribution is 2.66. The summed E-state index contributed by atoms with van der Waals surface area (Å²) in [5.74, 6) is 0. The third-order valence-electron chi connectivity index (χ3n) is 27.4. The highest BCUT2D eigenvalue weighted by atomic mass is 15.0. The molecule has 0 fully saturated rings. The second-order valence-corrected chi connectivity index (χ2v) is 33.7. The van der Waals surface area contributed by atoms with Gasteiger partial charge in [-0.1, -0.05) is 384 Å². The molecule has 1 nitrogen and oxygen atoms in total. The minimum atomic E-state index is -0.425. The number of benzene rings is 20. The van der Waals surface area contributed by atoms with Crippen molar-refractivity contribution in [3.05, 3.63) is 445 Å². The van der Waals surface area contributed by atoms with Crippen molar-refractivity contribution < 1.29 is 0 Å². The summed E-state index contributed by atoms with van der Waals surface area (Å²) >= 11 is 0. The van der Waals surface area contributed by atoms with Crippen molar-refractivity contribution in [3.8, 4) is 128 Å². The molecular formula is C118H77N. The lowest BCUT2D eigenvalue weighted by Gasteiger charge is -2.34. The van der Waals surface area contributed by atoms with E-state index in [1.807, 2.05) is 0 Å². The Bertz CT molecular complexity index is 7940. The van der Waals surface area contributed by atoms with E-state index in [1.54, 1.807) is 0 Å². The number of fused-ring (bicyclic) bond motifs is 20. The molecule has 20 aromatic carbocycles. The number of hydrogen-bond donors (Lipinski definition) is 0. The van der Waals surface area contributed by atoms with Crippen molar-refractivity contribution in [1.29, 1.82) is 0 Å². The molecule has 554 valence electrons. The largest absolute Gasteiger partial charge is 0.309 e. The van der Waals surface area contributed by atoms with Crippen LogP contribution < -0.4 is 0 Å². The van der Waals surface area contributed by atoms with E-state index in [2.05, 4.69) is 425 Å². The van der Waals surface area contributed by atoms with Gasteiger partial charge in [-0.25, -0.2) is 0 Å². The number of allylic oxidation sites excluding steroid dienone is 4. The SMILES string of the molecule is CC1(C)c2ccccc2-n2c3ccc(-c4cccc(-c5c(-c6ccccc6)c(-c6ccccc6)c(-c6cccc(-c7ccc8c(c7)C7(C9=C(C=CCC9)c9ccccc97)c7ccccc7-8)c6)c6c7cccc8c9c(-c%10ccccc%10)c(-c%10ccccc%10)c(-c%10ccccc%10)c(-c%10ccccc%10)c9c9cccc(c56)c9c87)c4)cc3c3cccc1c32. The second-order valence-electron chi connectivity index (χ2n) is 33.7. The zero-order valence-corrected chi connectivity index (χ0v) is 66.0. The fraction of sp³-hybridized carbons (Fsp3) is 0.0508. The summed E-state index contributed by atoms with van der Waals surface area (Å²) in [5, 5.41) is 14.8. The lowest BCUT2D eigenvalue weighted by atomic mass is 9.68. The van der Waals surface area contributed by atoms with Gasteiger partial charge in [0.05, 0.1) is 22.1 Å². The molecule has 1 aliphatic heterocycles. The summed E-state index contributed by atoms with van der Waals surface area (Å²) in [5.41, 5.74) is 40.4. The molecule has 0 saturated carbocycles. The maximum absolute atomic E-state index is 2.59. The fourth-order valence-corrected chi connectivity index (χ4v) is 22.6. The predicted molar refractivity (Wildman–Crippen MR) is 503 cm³/mol. The van der Waals surface area contributed by atoms with E-state index < -0.39 is 5.41 Å². The minimum Gasteiger partial charge on any atom is -0.309 e. The number of aromatic nitrogens is 1. The van der Waals surface area contributed by atoms with Crippen LogP contribution >= 0.6 is 0 Å². The number of para-hydroxylation sites is 2. The van der Waals surface area contributed by atoms with Crippen molar-refractivity contribution in [2.75, 3.05) is 0 Å². The van der Waals surface area contributed by atoms with E-state index in [0.717, 1.165) is 40.7 Å². The standard InChI is InChI=1S/C118H77N/c1-117(2)97-61-27-28-63-101(97)119-100-67-65-80(70-93(100)88-53-33-62-98(117)116(88)119)78-46-29-48-82(68-78)108-104(74-38-13-5-14-39-74)105(75-40-15-6-16-41-75)109(83-49-30-47-79(69-83)81-64-66-87-86-52-23-26-60-96(86)118(99(87)71-81)94-58-24-21-50-84(94)85-51-22-25-59-95(85)118)115-92-57-32-55-90-111(92)110-89(54-31-56-91(110)114(108)115)112-106(76-42-17-7-18-43-76)102(72-34-9-3-10-35-72)103(73-36-11-4-12-37-73)107(113(90)112)77-44-19-8-20-45-77/h3-24,26-58,60-71H,25,59H2,1-2H3. The van der Waals surface area contributed by atoms with Gasteiger partial charge in [0.25, 0.3) is 0 Å². The first-order chi connectivity index (χ1) is 58.9. The molecule has 1 unspecified atom stereocenters. The molecule has 3 aliphatic carbocycles. The van der Waals surface area contributed by atoms with Crippen molar-refractivity contribution in [2.45, 2.75) is 37.5 Å². The Morgan fingerprint density at radius 1 is 0.235 bits per heavy atom. The number of nitrogens with zero attached hydrogens (tertiary/aromatic N) is 1. The van der Waals surface area contributed by atoms with Gasteiger partial charge < -0.3 is 4.57 Å². The summed E-state index contributed by atoms with van der Waals surface area (Å²) in [6.07, 6.45) is 6.83. The third kappa shape index (κ3) is 9.53. The minimum absolute atomic E-state index is 0.182.